The monoisotopic (exact) mass is 431 g/mol. The number of rotatable bonds is 9. The van der Waals surface area contributed by atoms with Gasteiger partial charge in [0.25, 0.3) is 5.91 Å². The summed E-state index contributed by atoms with van der Waals surface area (Å²) in [5.74, 6) is 0.492. The van der Waals surface area contributed by atoms with Crippen molar-refractivity contribution in [1.82, 2.24) is 15.6 Å². The van der Waals surface area contributed by atoms with Crippen LogP contribution in [0.4, 0.5) is 0 Å². The lowest BCUT2D eigenvalue weighted by Crippen LogP contribution is -2.33. The Balaban J connectivity index is 1.43. The van der Waals surface area contributed by atoms with Crippen LogP contribution in [0.25, 0.3) is 10.9 Å². The Morgan fingerprint density at radius 3 is 2.59 bits per heavy atom. The number of furan rings is 1. The molecule has 3 N–H and O–H groups in total. The Morgan fingerprint density at radius 2 is 1.84 bits per heavy atom. The van der Waals surface area contributed by atoms with E-state index >= 15 is 0 Å². The maximum Gasteiger partial charge on any atom is 0.286 e. The highest BCUT2D eigenvalue weighted by molar-refractivity contribution is 5.91. The molecule has 32 heavy (non-hydrogen) atoms. The van der Waals surface area contributed by atoms with Crippen LogP contribution in [-0.4, -0.2) is 37.0 Å². The molecule has 0 aliphatic rings. The van der Waals surface area contributed by atoms with Crippen LogP contribution in [0.5, 0.6) is 5.75 Å². The number of hydrogen-bond acceptors (Lipinski definition) is 4. The zero-order valence-corrected chi connectivity index (χ0v) is 17.8. The van der Waals surface area contributed by atoms with Crippen LogP contribution in [0.2, 0.25) is 0 Å². The van der Waals surface area contributed by atoms with Gasteiger partial charge < -0.3 is 24.8 Å². The zero-order chi connectivity index (χ0) is 22.3. The molecule has 4 aromatic rings. The molecule has 0 aliphatic heterocycles. The van der Waals surface area contributed by atoms with E-state index in [2.05, 4.69) is 21.7 Å². The van der Waals surface area contributed by atoms with Crippen LogP contribution in [0, 0.1) is 0 Å². The molecule has 7 nitrogen and oxygen atoms in total. The van der Waals surface area contributed by atoms with Gasteiger partial charge in [-0.25, -0.2) is 0 Å². The van der Waals surface area contributed by atoms with E-state index in [0.29, 0.717) is 6.54 Å². The molecule has 164 valence electrons. The SMILES string of the molecule is COc1ccc(C(CNC(=O)CCNC(=O)c2ccco2)c2c[nH]c3ccccc23)cc1. The topological polar surface area (TPSA) is 96.4 Å². The molecule has 0 spiro atoms. The molecule has 4 rings (SSSR count). The number of nitrogens with one attached hydrogen (secondary N) is 3. The van der Waals surface area contributed by atoms with Crippen molar-refractivity contribution in [3.63, 3.8) is 0 Å². The molecule has 2 aromatic carbocycles. The first-order valence-corrected chi connectivity index (χ1v) is 10.4. The van der Waals surface area contributed by atoms with E-state index < -0.39 is 0 Å². The number of benzene rings is 2. The molecule has 2 heterocycles. The highest BCUT2D eigenvalue weighted by Crippen LogP contribution is 2.31. The minimum absolute atomic E-state index is 0.0429. The summed E-state index contributed by atoms with van der Waals surface area (Å²) < 4.78 is 10.3. The summed E-state index contributed by atoms with van der Waals surface area (Å²) in [6.45, 7) is 0.658. The third-order valence-corrected chi connectivity index (χ3v) is 5.40. The van der Waals surface area contributed by atoms with Crippen molar-refractivity contribution < 1.29 is 18.7 Å². The lowest BCUT2D eigenvalue weighted by atomic mass is 9.90. The third kappa shape index (κ3) is 4.83. The molecule has 2 amide bonds. The molecule has 0 radical (unpaired) electrons. The molecule has 0 aliphatic carbocycles. The number of para-hydroxylation sites is 1. The van der Waals surface area contributed by atoms with Gasteiger partial charge in [-0.05, 0) is 41.5 Å². The standard InChI is InChI=1S/C25H25N3O4/c1-31-18-10-8-17(9-11-18)20(21-16-27-22-6-3-2-5-19(21)22)15-28-24(29)12-13-26-25(30)23-7-4-14-32-23/h2-11,14,16,20,27H,12-13,15H2,1H3,(H,26,30)(H,28,29). The summed E-state index contributed by atoms with van der Waals surface area (Å²) in [6.07, 6.45) is 3.61. The van der Waals surface area contributed by atoms with E-state index in [1.165, 1.54) is 6.26 Å². The highest BCUT2D eigenvalue weighted by Gasteiger charge is 2.19. The summed E-state index contributed by atoms with van der Waals surface area (Å²) >= 11 is 0. The third-order valence-electron chi connectivity index (χ3n) is 5.40. The van der Waals surface area contributed by atoms with Crippen molar-refractivity contribution in [1.29, 1.82) is 0 Å². The van der Waals surface area contributed by atoms with Gasteiger partial charge in [0.15, 0.2) is 5.76 Å². The van der Waals surface area contributed by atoms with E-state index in [4.69, 9.17) is 9.15 Å². The summed E-state index contributed by atoms with van der Waals surface area (Å²) in [4.78, 5) is 27.7. The predicted molar refractivity (Wildman–Crippen MR) is 122 cm³/mol. The first-order chi connectivity index (χ1) is 15.7. The van der Waals surface area contributed by atoms with Gasteiger partial charge >= 0.3 is 0 Å². The first-order valence-electron chi connectivity index (χ1n) is 10.4. The summed E-state index contributed by atoms with van der Waals surface area (Å²) in [5, 5.41) is 6.82. The van der Waals surface area contributed by atoms with Crippen molar-refractivity contribution in [3.05, 3.63) is 90.0 Å². The van der Waals surface area contributed by atoms with E-state index in [-0.39, 0.29) is 36.5 Å². The number of methoxy groups -OCH3 is 1. The number of aromatic nitrogens is 1. The van der Waals surface area contributed by atoms with Gasteiger partial charge in [0.1, 0.15) is 5.75 Å². The summed E-state index contributed by atoms with van der Waals surface area (Å²) in [5.41, 5.74) is 3.23. The van der Waals surface area contributed by atoms with E-state index in [1.807, 2.05) is 48.7 Å². The van der Waals surface area contributed by atoms with Crippen molar-refractivity contribution in [3.8, 4) is 5.75 Å². The quantitative estimate of drug-likeness (QED) is 0.375. The molecule has 0 fully saturated rings. The van der Waals surface area contributed by atoms with Gasteiger partial charge in [0.2, 0.25) is 5.91 Å². The van der Waals surface area contributed by atoms with Gasteiger partial charge in [0, 0.05) is 42.5 Å². The van der Waals surface area contributed by atoms with Crippen LogP contribution in [-0.2, 0) is 4.79 Å². The van der Waals surface area contributed by atoms with Crippen molar-refractivity contribution in [2.75, 3.05) is 20.2 Å². The second-order valence-electron chi connectivity index (χ2n) is 7.40. The largest absolute Gasteiger partial charge is 0.497 e. The fourth-order valence-corrected chi connectivity index (χ4v) is 3.71. The molecule has 0 saturated carbocycles. The highest BCUT2D eigenvalue weighted by atomic mass is 16.5. The molecule has 2 aromatic heterocycles. The Hall–Kier alpha value is -4.00. The first kappa shape index (κ1) is 21.2. The normalized spacial score (nSPS) is 11.8. The van der Waals surface area contributed by atoms with E-state index in [1.54, 1.807) is 19.2 Å². The van der Waals surface area contributed by atoms with Crippen LogP contribution in [0.15, 0.2) is 77.5 Å². The molecular weight excluding hydrogens is 406 g/mol. The lowest BCUT2D eigenvalue weighted by Gasteiger charge is -2.19. The summed E-state index contributed by atoms with van der Waals surface area (Å²) in [7, 11) is 1.64. The molecule has 0 bridgehead atoms. The van der Waals surface area contributed by atoms with Gasteiger partial charge in [-0.15, -0.1) is 0 Å². The van der Waals surface area contributed by atoms with Crippen LogP contribution < -0.4 is 15.4 Å². The Morgan fingerprint density at radius 1 is 1.03 bits per heavy atom. The lowest BCUT2D eigenvalue weighted by molar-refractivity contribution is -0.120. The number of aromatic amines is 1. The number of H-pyrrole nitrogens is 1. The maximum absolute atomic E-state index is 12.5. The number of hydrogen-bond donors (Lipinski definition) is 3. The number of fused-ring (bicyclic) bond motifs is 1. The molecule has 1 unspecified atom stereocenters. The summed E-state index contributed by atoms with van der Waals surface area (Å²) in [6, 6.07) is 19.2. The number of ether oxygens (including phenoxy) is 1. The van der Waals surface area contributed by atoms with Crippen molar-refractivity contribution in [2.45, 2.75) is 12.3 Å². The average Bonchev–Trinajstić information content (AvgIpc) is 3.50. The molecule has 0 saturated heterocycles. The second-order valence-corrected chi connectivity index (χ2v) is 7.40. The zero-order valence-electron chi connectivity index (χ0n) is 17.8. The Kier molecular flexibility index (Phi) is 6.55. The van der Waals surface area contributed by atoms with Crippen LogP contribution >= 0.6 is 0 Å². The van der Waals surface area contributed by atoms with E-state index in [0.717, 1.165) is 27.8 Å². The van der Waals surface area contributed by atoms with Gasteiger partial charge in [-0.1, -0.05) is 30.3 Å². The fraction of sp³-hybridized carbons (Fsp3) is 0.200. The van der Waals surface area contributed by atoms with Gasteiger partial charge in [-0.3, -0.25) is 9.59 Å². The molecule has 1 atom stereocenters. The number of carbonyl (C=O) groups excluding carboxylic acids is 2. The Bertz CT molecular complexity index is 1180. The van der Waals surface area contributed by atoms with Crippen molar-refractivity contribution in [2.24, 2.45) is 0 Å². The Labute approximate surface area is 185 Å². The van der Waals surface area contributed by atoms with Crippen LogP contribution in [0.3, 0.4) is 0 Å². The van der Waals surface area contributed by atoms with Crippen LogP contribution in [0.1, 0.15) is 34.0 Å². The maximum atomic E-state index is 12.5. The molecular formula is C25H25N3O4. The fourth-order valence-electron chi connectivity index (χ4n) is 3.71. The number of amides is 2. The predicted octanol–water partition coefficient (Wildman–Crippen LogP) is 3.84. The second kappa shape index (κ2) is 9.87. The van der Waals surface area contributed by atoms with Gasteiger partial charge in [-0.2, -0.15) is 0 Å². The minimum atomic E-state index is -0.335. The van der Waals surface area contributed by atoms with Crippen molar-refractivity contribution >= 4 is 22.7 Å². The van der Waals surface area contributed by atoms with E-state index in [9.17, 15) is 9.59 Å². The number of carbonyl (C=O) groups is 2. The minimum Gasteiger partial charge on any atom is -0.497 e. The average molecular weight is 431 g/mol. The molecule has 7 heteroatoms. The smallest absolute Gasteiger partial charge is 0.286 e. The van der Waals surface area contributed by atoms with Gasteiger partial charge in [0.05, 0.1) is 13.4 Å².